The Morgan fingerprint density at radius 3 is 2.33 bits per heavy atom. The zero-order chi connectivity index (χ0) is 13.3. The van der Waals surface area contributed by atoms with Crippen molar-refractivity contribution in [2.75, 3.05) is 12.8 Å². The van der Waals surface area contributed by atoms with Gasteiger partial charge in [-0.1, -0.05) is 0 Å². The number of halogens is 2. The van der Waals surface area contributed by atoms with Crippen molar-refractivity contribution in [2.45, 2.75) is 6.92 Å². The van der Waals surface area contributed by atoms with E-state index in [1.165, 1.54) is 26.2 Å². The molecule has 0 saturated carbocycles. The normalized spacial score (nSPS) is 10.4. The molecule has 0 aromatic heterocycles. The molecule has 94 valence electrons. The Bertz CT molecular complexity index is 597. The second-order valence-electron chi connectivity index (χ2n) is 3.99. The summed E-state index contributed by atoms with van der Waals surface area (Å²) >= 11 is 0. The maximum Gasteiger partial charge on any atom is 0.136 e. The van der Waals surface area contributed by atoms with E-state index < -0.39 is 11.6 Å². The van der Waals surface area contributed by atoms with Crippen LogP contribution >= 0.6 is 0 Å². The van der Waals surface area contributed by atoms with E-state index in [2.05, 4.69) is 0 Å². The minimum atomic E-state index is -0.591. The van der Waals surface area contributed by atoms with Crippen LogP contribution in [0.3, 0.4) is 0 Å². The van der Waals surface area contributed by atoms with Crippen LogP contribution in [0, 0.1) is 18.6 Å². The van der Waals surface area contributed by atoms with E-state index in [-0.39, 0.29) is 11.1 Å². The van der Waals surface area contributed by atoms with E-state index in [0.717, 1.165) is 0 Å². The first-order chi connectivity index (χ1) is 8.54. The minimum absolute atomic E-state index is 0.0114. The Balaban J connectivity index is 2.59. The standard InChI is InChI=1S/C14H13F2NO/c1-8-12(15)6-5-11(14(8)16)10-4-3-9(18-2)7-13(10)17/h3-7H,17H2,1-2H3. The lowest BCUT2D eigenvalue weighted by Crippen LogP contribution is -1.97. The van der Waals surface area contributed by atoms with Gasteiger partial charge in [0.25, 0.3) is 0 Å². The van der Waals surface area contributed by atoms with Crippen LogP contribution in [-0.4, -0.2) is 7.11 Å². The average Bonchev–Trinajstić information content (AvgIpc) is 2.37. The number of hydrogen-bond acceptors (Lipinski definition) is 2. The van der Waals surface area contributed by atoms with Gasteiger partial charge in [-0.2, -0.15) is 0 Å². The number of hydrogen-bond donors (Lipinski definition) is 1. The van der Waals surface area contributed by atoms with Crippen LogP contribution in [0.25, 0.3) is 11.1 Å². The summed E-state index contributed by atoms with van der Waals surface area (Å²) in [5, 5.41) is 0. The van der Waals surface area contributed by atoms with Crippen LogP contribution in [-0.2, 0) is 0 Å². The fourth-order valence-corrected chi connectivity index (χ4v) is 1.78. The number of anilines is 1. The van der Waals surface area contributed by atoms with E-state index in [9.17, 15) is 8.78 Å². The molecule has 0 radical (unpaired) electrons. The smallest absolute Gasteiger partial charge is 0.136 e. The van der Waals surface area contributed by atoms with Crippen molar-refractivity contribution in [3.8, 4) is 16.9 Å². The van der Waals surface area contributed by atoms with Crippen LogP contribution in [0.15, 0.2) is 30.3 Å². The molecule has 0 heterocycles. The molecule has 0 bridgehead atoms. The largest absolute Gasteiger partial charge is 0.497 e. The predicted octanol–water partition coefficient (Wildman–Crippen LogP) is 3.53. The lowest BCUT2D eigenvalue weighted by Gasteiger charge is -2.10. The van der Waals surface area contributed by atoms with E-state index in [1.54, 1.807) is 18.2 Å². The van der Waals surface area contributed by atoms with Crippen LogP contribution in [0.2, 0.25) is 0 Å². The Morgan fingerprint density at radius 1 is 1.06 bits per heavy atom. The first-order valence-electron chi connectivity index (χ1n) is 5.43. The quantitative estimate of drug-likeness (QED) is 0.826. The molecule has 0 fully saturated rings. The summed E-state index contributed by atoms with van der Waals surface area (Å²) in [6.45, 7) is 1.40. The monoisotopic (exact) mass is 249 g/mol. The van der Waals surface area contributed by atoms with Gasteiger partial charge in [-0.05, 0) is 31.2 Å². The molecular formula is C14H13F2NO. The molecule has 2 rings (SSSR count). The second kappa shape index (κ2) is 4.64. The highest BCUT2D eigenvalue weighted by molar-refractivity contribution is 5.78. The third-order valence-corrected chi connectivity index (χ3v) is 2.87. The fourth-order valence-electron chi connectivity index (χ4n) is 1.78. The van der Waals surface area contributed by atoms with Crippen molar-refractivity contribution in [1.29, 1.82) is 0 Å². The molecule has 0 unspecified atom stereocenters. The summed E-state index contributed by atoms with van der Waals surface area (Å²) in [5.41, 5.74) is 7.03. The second-order valence-corrected chi connectivity index (χ2v) is 3.99. The van der Waals surface area contributed by atoms with Crippen LogP contribution in [0.1, 0.15) is 5.56 Å². The molecule has 2 nitrogen and oxygen atoms in total. The minimum Gasteiger partial charge on any atom is -0.497 e. The number of nitrogen functional groups attached to an aromatic ring is 1. The Morgan fingerprint density at radius 2 is 1.72 bits per heavy atom. The first kappa shape index (κ1) is 12.4. The average molecular weight is 249 g/mol. The maximum atomic E-state index is 14.0. The summed E-state index contributed by atoms with van der Waals surface area (Å²) in [5.74, 6) is -0.564. The van der Waals surface area contributed by atoms with Crippen LogP contribution in [0.5, 0.6) is 5.75 Å². The van der Waals surface area contributed by atoms with Crippen LogP contribution < -0.4 is 10.5 Å². The lowest BCUT2D eigenvalue weighted by atomic mass is 10.0. The van der Waals surface area contributed by atoms with Crippen molar-refractivity contribution in [1.82, 2.24) is 0 Å². The summed E-state index contributed by atoms with van der Waals surface area (Å²) in [4.78, 5) is 0. The van der Waals surface area contributed by atoms with Gasteiger partial charge >= 0.3 is 0 Å². The van der Waals surface area contributed by atoms with Gasteiger partial charge in [0.05, 0.1) is 7.11 Å². The van der Waals surface area contributed by atoms with Crippen molar-refractivity contribution in [3.05, 3.63) is 47.5 Å². The van der Waals surface area contributed by atoms with Crippen molar-refractivity contribution in [2.24, 2.45) is 0 Å². The molecule has 0 amide bonds. The van der Waals surface area contributed by atoms with Gasteiger partial charge in [0, 0.05) is 28.4 Å². The molecule has 0 aliphatic rings. The summed E-state index contributed by atoms with van der Waals surface area (Å²) in [7, 11) is 1.52. The highest BCUT2D eigenvalue weighted by Crippen LogP contribution is 2.32. The number of rotatable bonds is 2. The SMILES string of the molecule is COc1ccc(-c2ccc(F)c(C)c2F)c(N)c1. The van der Waals surface area contributed by atoms with Gasteiger partial charge in [0.1, 0.15) is 17.4 Å². The lowest BCUT2D eigenvalue weighted by molar-refractivity contribution is 0.415. The van der Waals surface area contributed by atoms with Gasteiger partial charge in [-0.15, -0.1) is 0 Å². The van der Waals surface area contributed by atoms with Crippen molar-refractivity contribution < 1.29 is 13.5 Å². The molecule has 4 heteroatoms. The highest BCUT2D eigenvalue weighted by atomic mass is 19.1. The maximum absolute atomic E-state index is 14.0. The number of nitrogens with two attached hydrogens (primary N) is 1. The molecule has 0 aliphatic heterocycles. The summed E-state index contributed by atoms with van der Waals surface area (Å²) in [6.07, 6.45) is 0. The van der Waals surface area contributed by atoms with Crippen molar-refractivity contribution >= 4 is 5.69 Å². The summed E-state index contributed by atoms with van der Waals surface area (Å²) < 4.78 is 32.2. The topological polar surface area (TPSA) is 35.2 Å². The molecule has 2 N–H and O–H groups in total. The third-order valence-electron chi connectivity index (χ3n) is 2.87. The van der Waals surface area contributed by atoms with E-state index in [1.807, 2.05) is 0 Å². The number of benzene rings is 2. The molecule has 18 heavy (non-hydrogen) atoms. The van der Waals surface area contributed by atoms with E-state index >= 15 is 0 Å². The van der Waals surface area contributed by atoms with Gasteiger partial charge in [0.2, 0.25) is 0 Å². The van der Waals surface area contributed by atoms with Crippen molar-refractivity contribution in [3.63, 3.8) is 0 Å². The Labute approximate surface area is 104 Å². The van der Waals surface area contributed by atoms with E-state index in [4.69, 9.17) is 10.5 Å². The van der Waals surface area contributed by atoms with Gasteiger partial charge in [-0.3, -0.25) is 0 Å². The zero-order valence-electron chi connectivity index (χ0n) is 10.1. The van der Waals surface area contributed by atoms with Gasteiger partial charge < -0.3 is 10.5 Å². The molecule has 0 saturated heterocycles. The van der Waals surface area contributed by atoms with Gasteiger partial charge in [0.15, 0.2) is 0 Å². The molecule has 2 aromatic rings. The molecule has 0 aliphatic carbocycles. The van der Waals surface area contributed by atoms with Gasteiger partial charge in [-0.25, -0.2) is 8.78 Å². The Kier molecular flexibility index (Phi) is 3.19. The molecule has 2 aromatic carbocycles. The number of methoxy groups -OCH3 is 1. The molecular weight excluding hydrogens is 236 g/mol. The third kappa shape index (κ3) is 2.01. The van der Waals surface area contributed by atoms with Crippen LogP contribution in [0.4, 0.5) is 14.5 Å². The summed E-state index contributed by atoms with van der Waals surface area (Å²) in [6, 6.07) is 7.56. The number of ether oxygens (including phenoxy) is 1. The van der Waals surface area contributed by atoms with E-state index in [0.29, 0.717) is 17.0 Å². The Hall–Kier alpha value is -2.10. The molecule has 0 atom stereocenters. The highest BCUT2D eigenvalue weighted by Gasteiger charge is 2.13. The first-order valence-corrected chi connectivity index (χ1v) is 5.43. The predicted molar refractivity (Wildman–Crippen MR) is 67.5 cm³/mol. The zero-order valence-corrected chi connectivity index (χ0v) is 10.1. The fraction of sp³-hybridized carbons (Fsp3) is 0.143. The molecule has 0 spiro atoms.